The number of aliphatic hydroxyl groups excluding tert-OH is 1. The fourth-order valence-electron chi connectivity index (χ4n) is 3.37. The first kappa shape index (κ1) is 27.2. The number of esters is 1. The van der Waals surface area contributed by atoms with Gasteiger partial charge in [-0.25, -0.2) is 23.9 Å². The lowest BCUT2D eigenvalue weighted by molar-refractivity contribution is -0.136. The van der Waals surface area contributed by atoms with E-state index in [-0.39, 0.29) is 29.0 Å². The van der Waals surface area contributed by atoms with Gasteiger partial charge in [-0.2, -0.15) is 4.31 Å². The predicted molar refractivity (Wildman–Crippen MR) is 115 cm³/mol. The van der Waals surface area contributed by atoms with Crippen molar-refractivity contribution in [2.45, 2.75) is 37.9 Å². The van der Waals surface area contributed by atoms with Crippen LogP contribution in [0.4, 0.5) is 5.82 Å². The average molecular weight is 536 g/mol. The molecule has 1 fully saturated rings. The number of aliphatic hydroxyl groups is 2. The van der Waals surface area contributed by atoms with Gasteiger partial charge < -0.3 is 44.7 Å². The first-order valence-corrected chi connectivity index (χ1v) is 12.8. The minimum Gasteiger partial charge on any atom is -0.456 e. The summed E-state index contributed by atoms with van der Waals surface area (Å²) >= 11 is 0. The number of nitrogens with zero attached hydrogens (tertiary/aromatic N) is 3. The zero-order chi connectivity index (χ0) is 26.2. The van der Waals surface area contributed by atoms with E-state index < -0.39 is 52.3 Å². The highest BCUT2D eigenvalue weighted by atomic mass is 31.3. The molecule has 0 aromatic carbocycles. The molecule has 2 aromatic rings. The third-order valence-electron chi connectivity index (χ3n) is 4.83. The summed E-state index contributed by atoms with van der Waals surface area (Å²) in [7, 11) is -10.6. The number of rotatable bonds is 7. The van der Waals surface area contributed by atoms with Gasteiger partial charge in [0.2, 0.25) is 0 Å². The molecule has 7 N–H and O–H groups in total. The van der Waals surface area contributed by atoms with E-state index in [2.05, 4.69) is 30.6 Å². The number of carbonyl (C=O) groups is 1. The van der Waals surface area contributed by atoms with Crippen molar-refractivity contribution < 1.29 is 57.1 Å². The van der Waals surface area contributed by atoms with E-state index in [1.807, 2.05) is 0 Å². The number of hydrogen-bond acceptors (Lipinski definition) is 12. The number of aromatic nitrogens is 3. The monoisotopic (exact) mass is 536 g/mol. The van der Waals surface area contributed by atoms with Gasteiger partial charge in [-0.05, 0) is 13.8 Å². The fraction of sp³-hybridized carbons (Fsp3) is 0.471. The summed E-state index contributed by atoms with van der Waals surface area (Å²) in [5.74, 6) is 4.05. The Morgan fingerprint density at radius 3 is 2.66 bits per heavy atom. The second kappa shape index (κ2) is 9.92. The highest BCUT2D eigenvalue weighted by molar-refractivity contribution is 7.60. The number of nitrogens with two attached hydrogens (primary N) is 1. The van der Waals surface area contributed by atoms with Gasteiger partial charge in [0, 0.05) is 12.1 Å². The lowest BCUT2D eigenvalue weighted by atomic mass is 9.96. The first-order valence-electron chi connectivity index (χ1n) is 9.76. The Hall–Kier alpha value is -2.41. The summed E-state index contributed by atoms with van der Waals surface area (Å²) in [4.78, 5) is 46.5. The molecule has 1 aliphatic heterocycles. The van der Waals surface area contributed by atoms with Crippen LogP contribution in [0.1, 0.15) is 25.6 Å². The van der Waals surface area contributed by atoms with Crippen molar-refractivity contribution in [3.8, 4) is 11.8 Å². The van der Waals surface area contributed by atoms with E-state index in [0.717, 1.165) is 6.33 Å². The van der Waals surface area contributed by atoms with Crippen molar-refractivity contribution in [1.29, 1.82) is 0 Å². The summed E-state index contributed by atoms with van der Waals surface area (Å²) in [6.07, 6.45) is -2.10. The third-order valence-corrected chi connectivity index (χ3v) is 6.98. The minimum absolute atomic E-state index is 0.00390. The quantitative estimate of drug-likeness (QED) is 0.143. The number of fused-ring (bicyclic) bond motifs is 1. The maximum atomic E-state index is 11.7. The molecule has 0 spiro atoms. The molecule has 1 unspecified atom stereocenters. The second-order valence-electron chi connectivity index (χ2n) is 7.41. The van der Waals surface area contributed by atoms with Crippen LogP contribution in [0.15, 0.2) is 12.5 Å². The first-order chi connectivity index (χ1) is 16.2. The molecule has 0 bridgehead atoms. The predicted octanol–water partition coefficient (Wildman–Crippen LogP) is -0.836. The van der Waals surface area contributed by atoms with Crippen molar-refractivity contribution in [3.63, 3.8) is 0 Å². The number of carbonyl (C=O) groups excluding carboxylic acids is 1. The van der Waals surface area contributed by atoms with E-state index in [1.165, 1.54) is 17.7 Å². The Bertz CT molecular complexity index is 1280. The van der Waals surface area contributed by atoms with Crippen LogP contribution in [0.5, 0.6) is 0 Å². The molecule has 1 saturated heterocycles. The molecule has 16 nitrogen and oxygen atoms in total. The highest BCUT2D eigenvalue weighted by Crippen LogP contribution is 2.58. The van der Waals surface area contributed by atoms with Gasteiger partial charge in [-0.1, -0.05) is 5.92 Å². The van der Waals surface area contributed by atoms with Crippen LogP contribution in [0.2, 0.25) is 0 Å². The van der Waals surface area contributed by atoms with Gasteiger partial charge in [0.1, 0.15) is 35.6 Å². The summed E-state index contributed by atoms with van der Waals surface area (Å²) in [5, 5.41) is 21.7. The smallest absolute Gasteiger partial charge is 0.456 e. The highest BCUT2D eigenvalue weighted by Gasteiger charge is 2.54. The Kier molecular flexibility index (Phi) is 7.70. The molecule has 0 radical (unpaired) electrons. The molecular formula is C17H22N4O12P2. The zero-order valence-corrected chi connectivity index (χ0v) is 20.0. The number of phosphoric ester groups is 1. The van der Waals surface area contributed by atoms with E-state index in [4.69, 9.17) is 25.0 Å². The van der Waals surface area contributed by atoms with E-state index in [9.17, 15) is 29.0 Å². The molecule has 0 aliphatic carbocycles. The number of anilines is 1. The van der Waals surface area contributed by atoms with Crippen LogP contribution in [0, 0.1) is 11.8 Å². The van der Waals surface area contributed by atoms with E-state index in [1.54, 1.807) is 6.92 Å². The van der Waals surface area contributed by atoms with Crippen molar-refractivity contribution in [2.75, 3.05) is 18.9 Å². The zero-order valence-electron chi connectivity index (χ0n) is 18.2. The van der Waals surface area contributed by atoms with Crippen LogP contribution in [-0.4, -0.2) is 76.4 Å². The summed E-state index contributed by atoms with van der Waals surface area (Å²) in [5.41, 5.74) is 4.19. The fourth-order valence-corrected chi connectivity index (χ4v) is 4.97. The minimum atomic E-state index is -5.36. The Morgan fingerprint density at radius 2 is 2.03 bits per heavy atom. The maximum absolute atomic E-state index is 11.7. The number of hydrogen-bond donors (Lipinski definition) is 6. The molecule has 3 heterocycles. The lowest BCUT2D eigenvalue weighted by Gasteiger charge is -2.27. The van der Waals surface area contributed by atoms with E-state index >= 15 is 0 Å². The third kappa shape index (κ3) is 6.05. The van der Waals surface area contributed by atoms with Gasteiger partial charge >= 0.3 is 21.6 Å². The Morgan fingerprint density at radius 1 is 1.34 bits per heavy atom. The van der Waals surface area contributed by atoms with Crippen molar-refractivity contribution in [2.24, 2.45) is 0 Å². The summed E-state index contributed by atoms with van der Waals surface area (Å²) in [6.45, 7) is 2.03. The Labute approximate surface area is 197 Å². The van der Waals surface area contributed by atoms with Crippen LogP contribution in [-0.2, 0) is 32.2 Å². The number of ether oxygens (including phenoxy) is 2. The van der Waals surface area contributed by atoms with Crippen molar-refractivity contribution in [3.05, 3.63) is 18.1 Å². The number of nitrogen functional groups attached to an aromatic ring is 1. The van der Waals surface area contributed by atoms with Gasteiger partial charge in [0.25, 0.3) is 0 Å². The van der Waals surface area contributed by atoms with Crippen LogP contribution < -0.4 is 5.73 Å². The molecular weight excluding hydrogens is 514 g/mol. The molecule has 2 aromatic heterocycles. The lowest BCUT2D eigenvalue weighted by Crippen LogP contribution is -2.44. The van der Waals surface area contributed by atoms with Crippen LogP contribution >= 0.6 is 15.6 Å². The number of phosphoric acid groups is 2. The topological polar surface area (TPSA) is 246 Å². The molecule has 0 amide bonds. The molecule has 1 aliphatic rings. The van der Waals surface area contributed by atoms with Crippen molar-refractivity contribution in [1.82, 2.24) is 14.5 Å². The summed E-state index contributed by atoms with van der Waals surface area (Å²) in [6, 6.07) is 0. The molecule has 192 valence electrons. The second-order valence-corrected chi connectivity index (χ2v) is 10.2. The van der Waals surface area contributed by atoms with Gasteiger partial charge in [-0.3, -0.25) is 4.52 Å². The standard InChI is InChI=1S/C17H22N4O12P2/c1-3-30-11(22)5-4-9-6-21(15-12(9)14(18)19-8-20-15)16-17(2,24)13(23)10(32-16)7-31-35(28,29)33-34(25,26)27/h6,8,10,13,16,23-24H,3,7H2,1-2H3,(H,28,29)(H2,18,19,20)(H2,25,26,27)/t10-,13-,16-,17-/m1/s1. The molecule has 3 rings (SSSR count). The van der Waals surface area contributed by atoms with E-state index in [0.29, 0.717) is 0 Å². The Balaban J connectivity index is 1.94. The molecule has 0 saturated carbocycles. The SMILES string of the molecule is CCOC(=O)C#Cc1cn([C@@H]2O[C@H](COP(=O)(O)OP(=O)(O)O)[C@@H](O)[C@@]2(C)O)c2ncnc(N)c12. The maximum Gasteiger partial charge on any atom is 0.481 e. The average Bonchev–Trinajstić information content (AvgIpc) is 3.19. The van der Waals surface area contributed by atoms with Gasteiger partial charge in [0.15, 0.2) is 6.23 Å². The molecule has 35 heavy (non-hydrogen) atoms. The summed E-state index contributed by atoms with van der Waals surface area (Å²) < 4.78 is 42.4. The molecule has 5 atom stereocenters. The van der Waals surface area contributed by atoms with Gasteiger partial charge in [-0.15, -0.1) is 0 Å². The molecule has 18 heteroatoms. The van der Waals surface area contributed by atoms with Crippen LogP contribution in [0.25, 0.3) is 11.0 Å². The normalized spacial score (nSPS) is 26.2. The van der Waals surface area contributed by atoms with Gasteiger partial charge in [0.05, 0.1) is 24.2 Å². The van der Waals surface area contributed by atoms with Crippen molar-refractivity contribution >= 4 is 38.5 Å². The largest absolute Gasteiger partial charge is 0.481 e. The van der Waals surface area contributed by atoms with Crippen LogP contribution in [0.3, 0.4) is 0 Å².